The molecule has 0 aliphatic rings. The van der Waals surface area contributed by atoms with Crippen LogP contribution in [0.3, 0.4) is 0 Å². The van der Waals surface area contributed by atoms with Gasteiger partial charge in [0.05, 0.1) is 28.9 Å². The number of anilines is 1. The number of para-hydroxylation sites is 1. The van der Waals surface area contributed by atoms with Crippen molar-refractivity contribution in [3.05, 3.63) is 48.5 Å². The van der Waals surface area contributed by atoms with Crippen LogP contribution in [0.25, 0.3) is 11.1 Å². The number of fused-ring (bicyclic) bond motifs is 1. The zero-order valence-corrected chi connectivity index (χ0v) is 17.4. The molecule has 0 aliphatic heterocycles. The van der Waals surface area contributed by atoms with Gasteiger partial charge in [0, 0.05) is 12.2 Å². The summed E-state index contributed by atoms with van der Waals surface area (Å²) < 4.78 is 29.7. The van der Waals surface area contributed by atoms with Gasteiger partial charge in [0.15, 0.2) is 15.4 Å². The van der Waals surface area contributed by atoms with Gasteiger partial charge in [0.2, 0.25) is 5.91 Å². The monoisotopic (exact) mass is 429 g/mol. The van der Waals surface area contributed by atoms with Crippen LogP contribution in [0.4, 0.5) is 5.69 Å². The van der Waals surface area contributed by atoms with Gasteiger partial charge < -0.3 is 9.32 Å². The number of amides is 1. The molecule has 29 heavy (non-hydrogen) atoms. The van der Waals surface area contributed by atoms with Crippen molar-refractivity contribution in [2.45, 2.75) is 23.5 Å². The van der Waals surface area contributed by atoms with Crippen molar-refractivity contribution in [2.75, 3.05) is 23.0 Å². The Morgan fingerprint density at radius 3 is 2.69 bits per heavy atom. The Bertz CT molecular complexity index is 1150. The van der Waals surface area contributed by atoms with Gasteiger partial charge in [0.1, 0.15) is 5.52 Å². The molecule has 0 saturated carbocycles. The van der Waals surface area contributed by atoms with Crippen LogP contribution in [0.15, 0.2) is 63.1 Å². The second-order valence-corrected chi connectivity index (χ2v) is 9.30. The fraction of sp³-hybridized carbons (Fsp3) is 0.250. The third-order valence-corrected chi connectivity index (χ3v) is 6.76. The van der Waals surface area contributed by atoms with Crippen LogP contribution in [0.1, 0.15) is 13.3 Å². The fourth-order valence-electron chi connectivity index (χ4n) is 2.68. The van der Waals surface area contributed by atoms with Crippen LogP contribution >= 0.6 is 11.8 Å². The van der Waals surface area contributed by atoms with Crippen LogP contribution in [-0.2, 0) is 14.6 Å². The number of carbonyl (C=O) groups is 1. The number of carbonyl (C=O) groups excluding carboxylic acids is 1. The zero-order chi connectivity index (χ0) is 20.9. The summed E-state index contributed by atoms with van der Waals surface area (Å²) in [4.78, 5) is 18.8. The molecule has 0 spiro atoms. The van der Waals surface area contributed by atoms with E-state index in [0.717, 1.165) is 17.4 Å². The number of hydrogen-bond acceptors (Lipinski definition) is 7. The molecule has 0 bridgehead atoms. The van der Waals surface area contributed by atoms with Crippen molar-refractivity contribution in [1.29, 1.82) is 5.26 Å². The Kier molecular flexibility index (Phi) is 6.56. The minimum Gasteiger partial charge on any atom is -0.431 e. The molecule has 9 heteroatoms. The van der Waals surface area contributed by atoms with Crippen LogP contribution in [0.5, 0.6) is 0 Å². The Hall–Kier alpha value is -2.83. The van der Waals surface area contributed by atoms with E-state index in [-0.39, 0.29) is 34.0 Å². The first-order valence-electron chi connectivity index (χ1n) is 8.93. The molecule has 2 aromatic carbocycles. The third kappa shape index (κ3) is 4.96. The highest BCUT2D eigenvalue weighted by molar-refractivity contribution is 7.99. The maximum atomic E-state index is 12.7. The van der Waals surface area contributed by atoms with E-state index in [0.29, 0.717) is 17.6 Å². The Labute approximate surface area is 173 Å². The fourth-order valence-corrected chi connectivity index (χ4v) is 4.29. The molecule has 0 radical (unpaired) electrons. The lowest BCUT2D eigenvalue weighted by atomic mass is 10.2. The standard InChI is InChI=1S/C20H19N3O4S2/c1-2-29(25,26)16-9-10-18-17(13-16)22-20(27-18)28-14-19(24)23(12-6-11-21)15-7-4-3-5-8-15/h3-5,7-10,13H,2,6,12,14H2,1H3. The quantitative estimate of drug-likeness (QED) is 0.503. The van der Waals surface area contributed by atoms with Gasteiger partial charge in [-0.15, -0.1) is 0 Å². The number of hydrogen-bond donors (Lipinski definition) is 0. The second kappa shape index (κ2) is 9.11. The van der Waals surface area contributed by atoms with Gasteiger partial charge in [-0.1, -0.05) is 36.9 Å². The summed E-state index contributed by atoms with van der Waals surface area (Å²) in [5.74, 6) is -0.0921. The number of aromatic nitrogens is 1. The van der Waals surface area contributed by atoms with Crippen LogP contribution < -0.4 is 4.90 Å². The van der Waals surface area contributed by atoms with E-state index in [4.69, 9.17) is 9.68 Å². The van der Waals surface area contributed by atoms with Crippen molar-refractivity contribution in [2.24, 2.45) is 0 Å². The summed E-state index contributed by atoms with van der Waals surface area (Å²) in [5, 5.41) is 9.15. The molecule has 3 aromatic rings. The van der Waals surface area contributed by atoms with Crippen molar-refractivity contribution in [3.8, 4) is 6.07 Å². The second-order valence-electron chi connectivity index (χ2n) is 6.09. The lowest BCUT2D eigenvalue weighted by Crippen LogP contribution is -2.33. The summed E-state index contributed by atoms with van der Waals surface area (Å²) >= 11 is 1.13. The van der Waals surface area contributed by atoms with Crippen LogP contribution in [-0.4, -0.2) is 37.4 Å². The van der Waals surface area contributed by atoms with Gasteiger partial charge >= 0.3 is 0 Å². The maximum Gasteiger partial charge on any atom is 0.257 e. The van der Waals surface area contributed by atoms with Crippen molar-refractivity contribution < 1.29 is 17.6 Å². The summed E-state index contributed by atoms with van der Waals surface area (Å²) in [6.45, 7) is 1.88. The van der Waals surface area contributed by atoms with Crippen LogP contribution in [0.2, 0.25) is 0 Å². The van der Waals surface area contributed by atoms with Gasteiger partial charge in [-0.25, -0.2) is 13.4 Å². The summed E-state index contributed by atoms with van der Waals surface area (Å²) in [6.07, 6.45) is 0.225. The molecule has 3 rings (SSSR count). The Morgan fingerprint density at radius 1 is 1.24 bits per heavy atom. The summed E-state index contributed by atoms with van der Waals surface area (Å²) in [6, 6.07) is 15.7. The predicted molar refractivity (Wildman–Crippen MR) is 111 cm³/mol. The zero-order valence-electron chi connectivity index (χ0n) is 15.7. The third-order valence-electron chi connectivity index (χ3n) is 4.21. The van der Waals surface area contributed by atoms with Gasteiger partial charge in [-0.3, -0.25) is 4.79 Å². The smallest absolute Gasteiger partial charge is 0.257 e. The van der Waals surface area contributed by atoms with E-state index in [9.17, 15) is 13.2 Å². The van der Waals surface area contributed by atoms with E-state index in [1.807, 2.05) is 30.3 Å². The minimum absolute atomic E-state index is 0.00445. The van der Waals surface area contributed by atoms with Crippen molar-refractivity contribution in [1.82, 2.24) is 4.98 Å². The molecule has 7 nitrogen and oxygen atoms in total. The minimum atomic E-state index is -3.33. The van der Waals surface area contributed by atoms with Gasteiger partial charge in [-0.2, -0.15) is 5.26 Å². The molecule has 150 valence electrons. The lowest BCUT2D eigenvalue weighted by molar-refractivity contribution is -0.116. The largest absolute Gasteiger partial charge is 0.431 e. The SMILES string of the molecule is CCS(=O)(=O)c1ccc2oc(SCC(=O)N(CCC#N)c3ccccc3)nc2c1. The van der Waals surface area contributed by atoms with Gasteiger partial charge in [0.25, 0.3) is 5.22 Å². The van der Waals surface area contributed by atoms with E-state index in [1.165, 1.54) is 12.1 Å². The van der Waals surface area contributed by atoms with Crippen LogP contribution in [0, 0.1) is 11.3 Å². The average Bonchev–Trinajstić information content (AvgIpc) is 3.15. The van der Waals surface area contributed by atoms with E-state index >= 15 is 0 Å². The first-order chi connectivity index (χ1) is 13.9. The molecule has 1 amide bonds. The molecule has 0 aliphatic carbocycles. The van der Waals surface area contributed by atoms with Gasteiger partial charge in [-0.05, 0) is 30.3 Å². The number of thioether (sulfide) groups is 1. The lowest BCUT2D eigenvalue weighted by Gasteiger charge is -2.21. The topological polar surface area (TPSA) is 104 Å². The molecule has 0 N–H and O–H groups in total. The molecule has 0 saturated heterocycles. The highest BCUT2D eigenvalue weighted by atomic mass is 32.2. The number of nitriles is 1. The van der Waals surface area contributed by atoms with E-state index < -0.39 is 9.84 Å². The number of sulfone groups is 1. The highest BCUT2D eigenvalue weighted by Crippen LogP contribution is 2.26. The molecule has 0 atom stereocenters. The number of oxazole rings is 1. The maximum absolute atomic E-state index is 12.7. The molecule has 0 fully saturated rings. The Morgan fingerprint density at radius 2 is 2.00 bits per heavy atom. The normalized spacial score (nSPS) is 11.3. The first-order valence-corrected chi connectivity index (χ1v) is 11.6. The van der Waals surface area contributed by atoms with Crippen molar-refractivity contribution >= 4 is 44.3 Å². The van der Waals surface area contributed by atoms with E-state index in [2.05, 4.69) is 11.1 Å². The highest BCUT2D eigenvalue weighted by Gasteiger charge is 2.18. The summed E-state index contributed by atoms with van der Waals surface area (Å²) in [5.41, 5.74) is 1.61. The number of nitrogens with zero attached hydrogens (tertiary/aromatic N) is 3. The molecular weight excluding hydrogens is 410 g/mol. The average molecular weight is 430 g/mol. The molecule has 1 aromatic heterocycles. The first kappa shape index (κ1) is 20.9. The molecule has 0 unspecified atom stereocenters. The number of benzene rings is 2. The molecular formula is C20H19N3O4S2. The van der Waals surface area contributed by atoms with Crippen molar-refractivity contribution in [3.63, 3.8) is 0 Å². The van der Waals surface area contributed by atoms with E-state index in [1.54, 1.807) is 17.9 Å². The predicted octanol–water partition coefficient (Wildman–Crippen LogP) is 3.66. The summed E-state index contributed by atoms with van der Waals surface area (Å²) in [7, 11) is -3.33. The Balaban J connectivity index is 1.75. The molecule has 1 heterocycles. The number of rotatable bonds is 8.